The molecular formula is C28H32O10. The van der Waals surface area contributed by atoms with Crippen LogP contribution in [0.4, 0.5) is 0 Å². The van der Waals surface area contributed by atoms with Gasteiger partial charge < -0.3 is 28.8 Å². The monoisotopic (exact) mass is 528 g/mol. The van der Waals surface area contributed by atoms with Crippen molar-refractivity contribution in [1.82, 2.24) is 0 Å². The van der Waals surface area contributed by atoms with E-state index < -0.39 is 80.7 Å². The number of carbonyl (C=O) groups excluding carboxylic acids is 4. The molecule has 13 unspecified atom stereocenters. The number of aliphatic hydroxyl groups is 1. The van der Waals surface area contributed by atoms with Crippen LogP contribution in [0.5, 0.6) is 0 Å². The number of carbonyl (C=O) groups is 4. The zero-order chi connectivity index (χ0) is 26.5. The van der Waals surface area contributed by atoms with Crippen molar-refractivity contribution in [2.45, 2.75) is 106 Å². The molecule has 10 heteroatoms. The lowest BCUT2D eigenvalue weighted by Gasteiger charge is -2.63. The molecule has 6 saturated heterocycles. The molecule has 0 aromatic heterocycles. The summed E-state index contributed by atoms with van der Waals surface area (Å²) in [5.41, 5.74) is -8.00. The van der Waals surface area contributed by atoms with E-state index in [2.05, 4.69) is 0 Å². The minimum absolute atomic E-state index is 0.0342. The van der Waals surface area contributed by atoms with Crippen LogP contribution in [-0.2, 0) is 42.9 Å². The van der Waals surface area contributed by atoms with Crippen molar-refractivity contribution in [3.05, 3.63) is 0 Å². The summed E-state index contributed by atoms with van der Waals surface area (Å²) in [6, 6.07) is 0. The number of hydrogen-bond acceptors (Lipinski definition) is 10. The molecule has 13 atom stereocenters. The van der Waals surface area contributed by atoms with Crippen molar-refractivity contribution >= 4 is 23.5 Å². The van der Waals surface area contributed by atoms with Crippen LogP contribution in [0.25, 0.3) is 0 Å². The molecule has 3 aliphatic carbocycles. The highest BCUT2D eigenvalue weighted by Crippen LogP contribution is 2.77. The molecule has 3 saturated carbocycles. The van der Waals surface area contributed by atoms with Crippen LogP contribution in [0.15, 0.2) is 0 Å². The minimum Gasteiger partial charge on any atom is -0.458 e. The zero-order valence-electron chi connectivity index (χ0n) is 21.7. The van der Waals surface area contributed by atoms with Crippen molar-refractivity contribution in [3.63, 3.8) is 0 Å². The predicted octanol–water partition coefficient (Wildman–Crippen LogP) is 0.992. The quantitative estimate of drug-likeness (QED) is 0.358. The van der Waals surface area contributed by atoms with Crippen LogP contribution in [0, 0.1) is 34.5 Å². The van der Waals surface area contributed by atoms with Crippen molar-refractivity contribution in [2.75, 3.05) is 6.61 Å². The van der Waals surface area contributed by atoms with Crippen LogP contribution in [0.3, 0.4) is 0 Å². The van der Waals surface area contributed by atoms with E-state index in [1.165, 1.54) is 0 Å². The summed E-state index contributed by atoms with van der Waals surface area (Å²) in [4.78, 5) is 55.8. The zero-order valence-corrected chi connectivity index (χ0v) is 21.7. The van der Waals surface area contributed by atoms with E-state index in [0.29, 0.717) is 25.7 Å². The van der Waals surface area contributed by atoms with Crippen LogP contribution < -0.4 is 0 Å². The highest BCUT2D eigenvalue weighted by Gasteiger charge is 2.94. The Morgan fingerprint density at radius 2 is 1.79 bits per heavy atom. The standard InChI is InChI=1S/C28H32O10/c1-22-10-17-24(3)28-18(22)19(30)27(38-28,34-11-14(22)20(31)35-17)13-9-16-26(36-16)7-4-5-15(29)23(26,2)12(13)6-8-25(28,33)21(32)37-24/h12-14,16-18,33H,4-11H2,1-3H3. The van der Waals surface area contributed by atoms with Gasteiger partial charge >= 0.3 is 11.9 Å². The number of fused-ring (bicyclic) bond motifs is 4. The van der Waals surface area contributed by atoms with Gasteiger partial charge in [0.2, 0.25) is 5.79 Å². The number of Topliss-reactive ketones (excluding diaryl/α,β-unsaturated/α-hetero) is 2. The molecular weight excluding hydrogens is 496 g/mol. The molecule has 9 fully saturated rings. The van der Waals surface area contributed by atoms with Gasteiger partial charge in [0.15, 0.2) is 22.6 Å². The fraction of sp³-hybridized carbons (Fsp3) is 0.857. The van der Waals surface area contributed by atoms with Crippen LogP contribution in [0.2, 0.25) is 0 Å². The summed E-state index contributed by atoms with van der Waals surface area (Å²) in [7, 11) is 0. The Hall–Kier alpha value is -1.88. The molecule has 9 aliphatic rings. The summed E-state index contributed by atoms with van der Waals surface area (Å²) >= 11 is 0. The van der Waals surface area contributed by atoms with Crippen molar-refractivity contribution in [3.8, 4) is 0 Å². The molecule has 0 aromatic rings. The minimum atomic E-state index is -2.17. The Labute approximate surface area is 219 Å². The first-order valence-corrected chi connectivity index (χ1v) is 14.1. The highest BCUT2D eigenvalue weighted by molar-refractivity contribution is 5.99. The Kier molecular flexibility index (Phi) is 3.56. The molecule has 9 rings (SSSR count). The molecule has 10 nitrogen and oxygen atoms in total. The first-order valence-electron chi connectivity index (χ1n) is 14.1. The molecule has 1 N–H and O–H groups in total. The van der Waals surface area contributed by atoms with Gasteiger partial charge in [0.05, 0.1) is 30.0 Å². The topological polar surface area (TPSA) is 138 Å². The summed E-state index contributed by atoms with van der Waals surface area (Å²) in [5.74, 6) is -6.20. The molecule has 5 bridgehead atoms. The Morgan fingerprint density at radius 3 is 2.58 bits per heavy atom. The van der Waals surface area contributed by atoms with Gasteiger partial charge in [0, 0.05) is 12.3 Å². The maximum absolute atomic E-state index is 14.9. The number of rotatable bonds is 0. The summed E-state index contributed by atoms with van der Waals surface area (Å²) in [5, 5.41) is 12.5. The molecule has 38 heavy (non-hydrogen) atoms. The third-order valence-corrected chi connectivity index (χ3v) is 13.2. The fourth-order valence-electron chi connectivity index (χ4n) is 11.3. The van der Waals surface area contributed by atoms with Crippen molar-refractivity contribution in [1.29, 1.82) is 0 Å². The van der Waals surface area contributed by atoms with E-state index in [-0.39, 0.29) is 30.7 Å². The number of ketones is 2. The lowest BCUT2D eigenvalue weighted by atomic mass is 9.46. The van der Waals surface area contributed by atoms with Gasteiger partial charge in [0.1, 0.15) is 17.5 Å². The van der Waals surface area contributed by atoms with Gasteiger partial charge in [-0.3, -0.25) is 14.4 Å². The predicted molar refractivity (Wildman–Crippen MR) is 122 cm³/mol. The van der Waals surface area contributed by atoms with E-state index in [1.807, 2.05) is 13.8 Å². The molecule has 0 amide bonds. The van der Waals surface area contributed by atoms with Crippen molar-refractivity contribution in [2.24, 2.45) is 34.5 Å². The average molecular weight is 529 g/mol. The highest BCUT2D eigenvalue weighted by atomic mass is 16.8. The smallest absolute Gasteiger partial charge is 0.342 e. The van der Waals surface area contributed by atoms with Gasteiger partial charge in [-0.1, -0.05) is 6.92 Å². The Morgan fingerprint density at radius 1 is 1.00 bits per heavy atom. The first kappa shape index (κ1) is 22.9. The number of ether oxygens (including phenoxy) is 5. The van der Waals surface area contributed by atoms with E-state index in [4.69, 9.17) is 23.7 Å². The molecule has 0 aromatic carbocycles. The summed E-state index contributed by atoms with van der Waals surface area (Å²) in [6.07, 6.45) is 1.91. The van der Waals surface area contributed by atoms with Gasteiger partial charge in [-0.05, 0) is 63.7 Å². The maximum Gasteiger partial charge on any atom is 0.342 e. The van der Waals surface area contributed by atoms with E-state index in [1.54, 1.807) is 6.92 Å². The van der Waals surface area contributed by atoms with E-state index in [9.17, 15) is 24.3 Å². The lowest BCUT2D eigenvalue weighted by Crippen LogP contribution is -2.79. The third-order valence-electron chi connectivity index (χ3n) is 13.2. The second-order valence-corrected chi connectivity index (χ2v) is 14.1. The van der Waals surface area contributed by atoms with Gasteiger partial charge in [-0.15, -0.1) is 0 Å². The van der Waals surface area contributed by atoms with Gasteiger partial charge in [-0.2, -0.15) is 0 Å². The fourth-order valence-corrected chi connectivity index (χ4v) is 11.3. The van der Waals surface area contributed by atoms with Gasteiger partial charge in [-0.25, -0.2) is 4.79 Å². The molecule has 6 heterocycles. The Bertz CT molecular complexity index is 1300. The van der Waals surface area contributed by atoms with Crippen molar-refractivity contribution < 1.29 is 48.0 Å². The van der Waals surface area contributed by atoms with E-state index >= 15 is 0 Å². The first-order chi connectivity index (χ1) is 17.9. The van der Waals surface area contributed by atoms with Gasteiger partial charge in [0.25, 0.3) is 0 Å². The number of esters is 2. The average Bonchev–Trinajstić information content (AvgIpc) is 3.45. The lowest BCUT2D eigenvalue weighted by molar-refractivity contribution is -0.375. The molecule has 6 aliphatic heterocycles. The summed E-state index contributed by atoms with van der Waals surface area (Å²) in [6.45, 7) is 5.35. The Balaban J connectivity index is 1.33. The second kappa shape index (κ2) is 5.92. The normalized spacial score (nSPS) is 64.5. The number of hydrogen-bond donors (Lipinski definition) is 1. The summed E-state index contributed by atoms with van der Waals surface area (Å²) < 4.78 is 31.6. The van der Waals surface area contributed by atoms with Crippen LogP contribution in [-0.4, -0.2) is 75.6 Å². The molecule has 204 valence electrons. The van der Waals surface area contributed by atoms with Crippen LogP contribution >= 0.6 is 0 Å². The molecule has 0 radical (unpaired) electrons. The van der Waals surface area contributed by atoms with E-state index in [0.717, 1.165) is 12.8 Å². The SMILES string of the molecule is CC12CC3OC(=O)C1COC14OC5(C2C1=O)C(O)(CCC1C4CC2OC24CCCC(=O)C14C)C(=O)OC35C. The third kappa shape index (κ3) is 1.83. The largest absolute Gasteiger partial charge is 0.458 e. The second-order valence-electron chi connectivity index (χ2n) is 14.1. The number of epoxide rings is 1. The molecule has 3 spiro atoms. The van der Waals surface area contributed by atoms with Crippen LogP contribution in [0.1, 0.15) is 65.7 Å². The maximum atomic E-state index is 14.9.